The van der Waals surface area contributed by atoms with Gasteiger partial charge in [0.2, 0.25) is 0 Å². The zero-order valence-electron chi connectivity index (χ0n) is 7.34. The van der Waals surface area contributed by atoms with Crippen LogP contribution in [0.1, 0.15) is 26.2 Å². The summed E-state index contributed by atoms with van der Waals surface area (Å²) in [7, 11) is 0. The largest absolute Gasteiger partial charge is 0.375 e. The van der Waals surface area contributed by atoms with Crippen LogP contribution in [0, 0.1) is 0 Å². The minimum absolute atomic E-state index is 0.685. The van der Waals surface area contributed by atoms with Gasteiger partial charge < -0.3 is 4.90 Å². The molecule has 0 bridgehead atoms. The highest BCUT2D eigenvalue weighted by Gasteiger charge is 2.20. The number of nitrogens with zero attached hydrogens (tertiary/aromatic N) is 1. The lowest BCUT2D eigenvalue weighted by Gasteiger charge is -2.22. The van der Waals surface area contributed by atoms with Gasteiger partial charge in [0.1, 0.15) is 0 Å². The van der Waals surface area contributed by atoms with Gasteiger partial charge in [0.25, 0.3) is 0 Å². The fourth-order valence-corrected chi connectivity index (χ4v) is 1.72. The molecule has 0 saturated carbocycles. The van der Waals surface area contributed by atoms with Crippen molar-refractivity contribution in [3.8, 4) is 0 Å². The summed E-state index contributed by atoms with van der Waals surface area (Å²) in [5, 5.41) is 0. The van der Waals surface area contributed by atoms with Crippen molar-refractivity contribution in [3.63, 3.8) is 0 Å². The molecular formula is C10H17N. The predicted molar refractivity (Wildman–Crippen MR) is 49.4 cm³/mol. The highest BCUT2D eigenvalue weighted by Crippen LogP contribution is 2.22. The van der Waals surface area contributed by atoms with E-state index in [2.05, 4.69) is 25.0 Å². The zero-order chi connectivity index (χ0) is 8.27. The average molecular weight is 151 g/mol. The molecule has 1 nitrogen and oxygen atoms in total. The summed E-state index contributed by atoms with van der Waals surface area (Å²) < 4.78 is 0. The van der Waals surface area contributed by atoms with Crippen molar-refractivity contribution in [1.29, 1.82) is 0 Å². The quantitative estimate of drug-likeness (QED) is 0.560. The second kappa shape index (κ2) is 3.61. The minimum Gasteiger partial charge on any atom is -0.375 e. The van der Waals surface area contributed by atoms with Crippen LogP contribution in [0.2, 0.25) is 0 Å². The molecule has 1 aliphatic rings. The summed E-state index contributed by atoms with van der Waals surface area (Å²) in [5.41, 5.74) is 1.28. The Balaban J connectivity index is 2.43. The van der Waals surface area contributed by atoms with Crippen molar-refractivity contribution in [2.75, 3.05) is 6.54 Å². The summed E-state index contributed by atoms with van der Waals surface area (Å²) in [6.45, 7) is 11.0. The van der Waals surface area contributed by atoms with Gasteiger partial charge in [-0.25, -0.2) is 0 Å². The summed E-state index contributed by atoms with van der Waals surface area (Å²) >= 11 is 0. The Bertz CT molecular complexity index is 160. The zero-order valence-corrected chi connectivity index (χ0v) is 7.34. The van der Waals surface area contributed by atoms with Gasteiger partial charge in [0.05, 0.1) is 0 Å². The van der Waals surface area contributed by atoms with Crippen molar-refractivity contribution < 1.29 is 0 Å². The van der Waals surface area contributed by atoms with E-state index in [1.54, 1.807) is 0 Å². The van der Waals surface area contributed by atoms with Gasteiger partial charge in [0.15, 0.2) is 0 Å². The molecule has 0 amide bonds. The van der Waals surface area contributed by atoms with Crippen LogP contribution in [0.5, 0.6) is 0 Å². The van der Waals surface area contributed by atoms with E-state index in [4.69, 9.17) is 0 Å². The van der Waals surface area contributed by atoms with Gasteiger partial charge in [-0.05, 0) is 32.4 Å². The molecule has 1 saturated heterocycles. The summed E-state index contributed by atoms with van der Waals surface area (Å²) in [4.78, 5) is 2.33. The average Bonchev–Trinajstić information content (AvgIpc) is 2.34. The third kappa shape index (κ3) is 2.11. The molecule has 0 aromatic rings. The third-order valence-electron chi connectivity index (χ3n) is 2.24. The number of hydrogen-bond donors (Lipinski definition) is 0. The van der Waals surface area contributed by atoms with Crippen LogP contribution >= 0.6 is 0 Å². The first kappa shape index (κ1) is 8.38. The molecular weight excluding hydrogens is 134 g/mol. The van der Waals surface area contributed by atoms with E-state index in [0.717, 1.165) is 6.42 Å². The smallest absolute Gasteiger partial charge is 0.0321 e. The molecule has 0 N–H and O–H groups in total. The molecule has 1 atom stereocenters. The van der Waals surface area contributed by atoms with E-state index in [0.29, 0.717) is 6.04 Å². The van der Waals surface area contributed by atoms with Crippen molar-refractivity contribution in [2.45, 2.75) is 32.2 Å². The van der Waals surface area contributed by atoms with Gasteiger partial charge in [-0.15, -0.1) is 6.58 Å². The molecule has 62 valence electrons. The Kier molecular flexibility index (Phi) is 2.75. The Morgan fingerprint density at radius 3 is 3.00 bits per heavy atom. The lowest BCUT2D eigenvalue weighted by atomic mass is 10.1. The molecule has 1 rings (SSSR count). The number of hydrogen-bond acceptors (Lipinski definition) is 1. The minimum atomic E-state index is 0.685. The van der Waals surface area contributed by atoms with E-state index >= 15 is 0 Å². The second-order valence-electron chi connectivity index (χ2n) is 3.38. The molecule has 0 aliphatic carbocycles. The Morgan fingerprint density at radius 1 is 1.73 bits per heavy atom. The second-order valence-corrected chi connectivity index (χ2v) is 3.38. The van der Waals surface area contributed by atoms with Crippen LogP contribution in [0.3, 0.4) is 0 Å². The Hall–Kier alpha value is -0.720. The summed E-state index contributed by atoms with van der Waals surface area (Å²) in [5.74, 6) is 0. The third-order valence-corrected chi connectivity index (χ3v) is 2.24. The van der Waals surface area contributed by atoms with Gasteiger partial charge >= 0.3 is 0 Å². The highest BCUT2D eigenvalue weighted by molar-refractivity contribution is 4.97. The molecule has 0 radical (unpaired) electrons. The van der Waals surface area contributed by atoms with Gasteiger partial charge in [-0.1, -0.05) is 12.2 Å². The van der Waals surface area contributed by atoms with E-state index in [1.807, 2.05) is 6.20 Å². The lowest BCUT2D eigenvalue weighted by molar-refractivity contribution is 0.348. The molecule has 11 heavy (non-hydrogen) atoms. The maximum Gasteiger partial charge on any atom is 0.0321 e. The Morgan fingerprint density at radius 2 is 2.45 bits per heavy atom. The molecule has 0 aromatic carbocycles. The SMILES string of the molecule is C=CN1CCCC1CC(=C)C. The topological polar surface area (TPSA) is 3.24 Å². The monoisotopic (exact) mass is 151 g/mol. The molecule has 0 aromatic heterocycles. The van der Waals surface area contributed by atoms with E-state index in [1.165, 1.54) is 25.0 Å². The van der Waals surface area contributed by atoms with Gasteiger partial charge in [-0.2, -0.15) is 0 Å². The maximum absolute atomic E-state index is 3.93. The Labute approximate surface area is 69.4 Å². The van der Waals surface area contributed by atoms with Crippen LogP contribution in [0.25, 0.3) is 0 Å². The fourth-order valence-electron chi connectivity index (χ4n) is 1.72. The van der Waals surface area contributed by atoms with Crippen LogP contribution in [0.15, 0.2) is 24.9 Å². The standard InChI is InChI=1S/C10H17N/c1-4-11-7-5-6-10(11)8-9(2)3/h4,10H,1-2,5-8H2,3H3. The first-order valence-electron chi connectivity index (χ1n) is 4.26. The van der Waals surface area contributed by atoms with E-state index in [-0.39, 0.29) is 0 Å². The lowest BCUT2D eigenvalue weighted by Crippen LogP contribution is -2.23. The molecule has 1 heterocycles. The van der Waals surface area contributed by atoms with Crippen LogP contribution in [0.4, 0.5) is 0 Å². The molecule has 1 heteroatoms. The van der Waals surface area contributed by atoms with Crippen molar-refractivity contribution in [2.24, 2.45) is 0 Å². The first-order chi connectivity index (χ1) is 5.24. The predicted octanol–water partition coefficient (Wildman–Crippen LogP) is 2.56. The van der Waals surface area contributed by atoms with E-state index < -0.39 is 0 Å². The van der Waals surface area contributed by atoms with Gasteiger partial charge in [0, 0.05) is 12.6 Å². The molecule has 1 unspecified atom stereocenters. The normalized spacial score (nSPS) is 23.7. The molecule has 0 spiro atoms. The van der Waals surface area contributed by atoms with Crippen molar-refractivity contribution in [1.82, 2.24) is 4.90 Å². The summed E-state index contributed by atoms with van der Waals surface area (Å²) in [6, 6.07) is 0.685. The number of likely N-dealkylation sites (tertiary alicyclic amines) is 1. The van der Waals surface area contributed by atoms with Gasteiger partial charge in [-0.3, -0.25) is 0 Å². The fraction of sp³-hybridized carbons (Fsp3) is 0.600. The molecule has 1 fully saturated rings. The van der Waals surface area contributed by atoms with Crippen LogP contribution in [-0.4, -0.2) is 17.5 Å². The van der Waals surface area contributed by atoms with Crippen molar-refractivity contribution >= 4 is 0 Å². The van der Waals surface area contributed by atoms with Crippen molar-refractivity contribution in [3.05, 3.63) is 24.9 Å². The molecule has 1 aliphatic heterocycles. The first-order valence-corrected chi connectivity index (χ1v) is 4.26. The summed E-state index contributed by atoms with van der Waals surface area (Å²) in [6.07, 6.45) is 5.70. The van der Waals surface area contributed by atoms with Crippen LogP contribution < -0.4 is 0 Å². The number of rotatable bonds is 3. The van der Waals surface area contributed by atoms with Crippen LogP contribution in [-0.2, 0) is 0 Å². The highest BCUT2D eigenvalue weighted by atomic mass is 15.2. The maximum atomic E-state index is 3.93. The van der Waals surface area contributed by atoms with E-state index in [9.17, 15) is 0 Å².